The molecule has 2 fully saturated rings. The largest absolute Gasteiger partial charge is 0.416 e. The summed E-state index contributed by atoms with van der Waals surface area (Å²) in [5, 5.41) is 0.736. The molecule has 2 aliphatic carbocycles. The third kappa shape index (κ3) is 7.43. The lowest BCUT2D eigenvalue weighted by molar-refractivity contribution is -0.137. The van der Waals surface area contributed by atoms with Crippen LogP contribution in [0.15, 0.2) is 48.8 Å². The molecule has 238 valence electrons. The van der Waals surface area contributed by atoms with Gasteiger partial charge in [-0.1, -0.05) is 18.2 Å². The minimum Gasteiger partial charge on any atom is -0.356 e. The molecule has 6 rings (SSSR count). The number of hydrogen-bond donors (Lipinski definition) is 0. The zero-order valence-corrected chi connectivity index (χ0v) is 25.2. The number of aryl methyl sites for hydroxylation is 1. The molecular weight excluding hydrogens is 618 g/mol. The van der Waals surface area contributed by atoms with E-state index >= 15 is 0 Å². The molecule has 13 heteroatoms. The Morgan fingerprint density at radius 1 is 0.844 bits per heavy atom. The van der Waals surface area contributed by atoms with Gasteiger partial charge in [0, 0.05) is 42.7 Å². The van der Waals surface area contributed by atoms with Crippen molar-refractivity contribution < 1.29 is 26.3 Å². The molecule has 0 amide bonds. The lowest BCUT2D eigenvalue weighted by Crippen LogP contribution is -2.32. The molecule has 0 atom stereocenters. The molecule has 0 N–H and O–H groups in total. The van der Waals surface area contributed by atoms with E-state index in [1.54, 1.807) is 4.90 Å². The van der Waals surface area contributed by atoms with Crippen LogP contribution in [0.3, 0.4) is 0 Å². The summed E-state index contributed by atoms with van der Waals surface area (Å²) >= 11 is 6.09. The molecule has 0 aliphatic heterocycles. The molecule has 2 aliphatic rings. The van der Waals surface area contributed by atoms with E-state index in [1.165, 1.54) is 6.33 Å². The van der Waals surface area contributed by atoms with Crippen LogP contribution in [0.5, 0.6) is 0 Å². The smallest absolute Gasteiger partial charge is 0.356 e. The molecule has 2 aromatic carbocycles. The van der Waals surface area contributed by atoms with Crippen LogP contribution < -0.4 is 9.80 Å². The van der Waals surface area contributed by atoms with Gasteiger partial charge in [-0.25, -0.2) is 19.3 Å². The number of hydrogen-bond acceptors (Lipinski definition) is 6. The van der Waals surface area contributed by atoms with Crippen LogP contribution in [-0.2, 0) is 25.2 Å². The number of pyridine rings is 1. The van der Waals surface area contributed by atoms with Gasteiger partial charge in [0.25, 0.3) is 0 Å². The fourth-order valence-electron chi connectivity index (χ4n) is 5.52. The van der Waals surface area contributed by atoms with Gasteiger partial charge in [0.2, 0.25) is 11.2 Å². The summed E-state index contributed by atoms with van der Waals surface area (Å²) in [4.78, 5) is 21.2. The summed E-state index contributed by atoms with van der Waals surface area (Å²) in [6.07, 6.45) is 0.791. The molecule has 0 bridgehead atoms. The number of aromatic nitrogens is 4. The van der Waals surface area contributed by atoms with E-state index in [2.05, 4.69) is 19.9 Å². The van der Waals surface area contributed by atoms with Crippen molar-refractivity contribution >= 4 is 34.3 Å². The average Bonchev–Trinajstić information content (AvgIpc) is 3.93. The van der Waals surface area contributed by atoms with E-state index in [4.69, 9.17) is 16.6 Å². The summed E-state index contributed by atoms with van der Waals surface area (Å²) in [6.45, 7) is 1.29. The van der Waals surface area contributed by atoms with Gasteiger partial charge in [-0.15, -0.1) is 0 Å². The highest BCUT2D eigenvalue weighted by atomic mass is 35.5. The van der Waals surface area contributed by atoms with Crippen LogP contribution in [-0.4, -0.2) is 39.7 Å². The first-order valence-corrected chi connectivity index (χ1v) is 15.2. The standard InChI is InChI=1S/C32H31ClF6N6/c1-19-3-2-4-23-11-24(28(42-27(19)23)44(13-20-5-6-20)14-21-7-8-21)16-45(30-41-18-40-29(33)43-30)15-22-9-25(31(35,36)17-34)12-26(10-22)32(37,38)39/h2-4,9-12,18,20-21H,5-8,13-17H2,1H3. The molecule has 0 radical (unpaired) electrons. The second kappa shape index (κ2) is 12.3. The highest BCUT2D eigenvalue weighted by Crippen LogP contribution is 2.39. The fraction of sp³-hybridized carbons (Fsp3) is 0.438. The minimum absolute atomic E-state index is 0.0393. The minimum atomic E-state index is -4.93. The Balaban J connectivity index is 1.46. The summed E-state index contributed by atoms with van der Waals surface area (Å²) in [6, 6.07) is 9.81. The fourth-order valence-corrected chi connectivity index (χ4v) is 5.64. The molecule has 45 heavy (non-hydrogen) atoms. The number of anilines is 2. The molecule has 0 unspecified atom stereocenters. The maximum absolute atomic E-state index is 14.4. The van der Waals surface area contributed by atoms with E-state index in [0.29, 0.717) is 11.8 Å². The Morgan fingerprint density at radius 2 is 1.53 bits per heavy atom. The van der Waals surface area contributed by atoms with Crippen molar-refractivity contribution in [1.29, 1.82) is 0 Å². The third-order valence-electron chi connectivity index (χ3n) is 8.21. The lowest BCUT2D eigenvalue weighted by atomic mass is 10.0. The monoisotopic (exact) mass is 648 g/mol. The number of benzene rings is 2. The van der Waals surface area contributed by atoms with Crippen LogP contribution in [0.1, 0.15) is 53.5 Å². The Kier molecular flexibility index (Phi) is 8.53. The highest BCUT2D eigenvalue weighted by Gasteiger charge is 2.38. The van der Waals surface area contributed by atoms with E-state index in [1.807, 2.05) is 31.2 Å². The molecule has 0 spiro atoms. The van der Waals surface area contributed by atoms with Crippen molar-refractivity contribution in [3.05, 3.63) is 81.9 Å². The number of rotatable bonds is 12. The van der Waals surface area contributed by atoms with E-state index in [-0.39, 0.29) is 36.0 Å². The maximum atomic E-state index is 14.4. The summed E-state index contributed by atoms with van der Waals surface area (Å²) in [5.74, 6) is -2.18. The topological polar surface area (TPSA) is 58.0 Å². The number of halogens is 7. The normalized spacial score (nSPS) is 15.5. The second-order valence-electron chi connectivity index (χ2n) is 12.1. The van der Waals surface area contributed by atoms with Crippen LogP contribution in [0.25, 0.3) is 10.9 Å². The predicted molar refractivity (Wildman–Crippen MR) is 160 cm³/mol. The van der Waals surface area contributed by atoms with Gasteiger partial charge in [0.1, 0.15) is 12.1 Å². The van der Waals surface area contributed by atoms with E-state index in [9.17, 15) is 26.3 Å². The molecule has 2 aromatic heterocycles. The van der Waals surface area contributed by atoms with Crippen LogP contribution in [0, 0.1) is 18.8 Å². The summed E-state index contributed by atoms with van der Waals surface area (Å²) in [7, 11) is 0. The predicted octanol–water partition coefficient (Wildman–Crippen LogP) is 8.29. The van der Waals surface area contributed by atoms with Crippen molar-refractivity contribution in [2.24, 2.45) is 11.8 Å². The average molecular weight is 649 g/mol. The molecular formula is C32H31ClF6N6. The maximum Gasteiger partial charge on any atom is 0.416 e. The number of para-hydroxylation sites is 1. The van der Waals surface area contributed by atoms with Crippen molar-refractivity contribution in [2.45, 2.75) is 57.8 Å². The molecule has 2 heterocycles. The highest BCUT2D eigenvalue weighted by molar-refractivity contribution is 6.28. The third-order valence-corrected chi connectivity index (χ3v) is 8.39. The Morgan fingerprint density at radius 3 is 2.16 bits per heavy atom. The SMILES string of the molecule is Cc1cccc2cc(CN(Cc3cc(C(F)(F)F)cc(C(F)(F)CF)c3)c3ncnc(Cl)n3)c(N(CC3CC3)CC3CC3)nc12. The van der Waals surface area contributed by atoms with Crippen molar-refractivity contribution in [3.63, 3.8) is 0 Å². The Hall–Kier alpha value is -3.67. The molecule has 0 saturated heterocycles. The molecule has 2 saturated carbocycles. The van der Waals surface area contributed by atoms with Gasteiger partial charge in [-0.05, 0) is 91.4 Å². The summed E-state index contributed by atoms with van der Waals surface area (Å²) < 4.78 is 83.6. The van der Waals surface area contributed by atoms with Gasteiger partial charge in [-0.2, -0.15) is 26.9 Å². The number of nitrogens with zero attached hydrogens (tertiary/aromatic N) is 6. The van der Waals surface area contributed by atoms with Crippen LogP contribution in [0.4, 0.5) is 38.1 Å². The van der Waals surface area contributed by atoms with Crippen LogP contribution in [0.2, 0.25) is 5.28 Å². The van der Waals surface area contributed by atoms with Gasteiger partial charge < -0.3 is 9.80 Å². The second-order valence-corrected chi connectivity index (χ2v) is 12.4. The van der Waals surface area contributed by atoms with E-state index < -0.39 is 29.9 Å². The van der Waals surface area contributed by atoms with Crippen molar-refractivity contribution in [2.75, 3.05) is 29.6 Å². The molecule has 4 aromatic rings. The quantitative estimate of drug-likeness (QED) is 0.144. The van der Waals surface area contributed by atoms with Crippen LogP contribution >= 0.6 is 11.6 Å². The molecule has 6 nitrogen and oxygen atoms in total. The van der Waals surface area contributed by atoms with Gasteiger partial charge in [0.15, 0.2) is 6.67 Å². The Labute approximate surface area is 261 Å². The summed E-state index contributed by atoms with van der Waals surface area (Å²) in [5.41, 5.74) is 0.131. The zero-order valence-electron chi connectivity index (χ0n) is 24.5. The van der Waals surface area contributed by atoms with Gasteiger partial charge in [0.05, 0.1) is 11.1 Å². The Bertz CT molecular complexity index is 1680. The van der Waals surface area contributed by atoms with Crippen molar-refractivity contribution in [3.8, 4) is 0 Å². The van der Waals surface area contributed by atoms with Gasteiger partial charge in [-0.3, -0.25) is 0 Å². The first-order chi connectivity index (χ1) is 21.4. The number of alkyl halides is 6. The van der Waals surface area contributed by atoms with Gasteiger partial charge >= 0.3 is 12.1 Å². The zero-order chi connectivity index (χ0) is 31.9. The first-order valence-electron chi connectivity index (χ1n) is 14.8. The first kappa shape index (κ1) is 31.3. The number of fused-ring (bicyclic) bond motifs is 1. The lowest BCUT2D eigenvalue weighted by Gasteiger charge is -2.30. The van der Waals surface area contributed by atoms with E-state index in [0.717, 1.165) is 78.8 Å². The van der Waals surface area contributed by atoms with Crippen molar-refractivity contribution in [1.82, 2.24) is 19.9 Å².